The summed E-state index contributed by atoms with van der Waals surface area (Å²) in [6, 6.07) is 3.32. The van der Waals surface area contributed by atoms with E-state index in [-0.39, 0.29) is 22.9 Å². The van der Waals surface area contributed by atoms with E-state index in [2.05, 4.69) is 11.9 Å². The average molecular weight is 260 g/mol. The van der Waals surface area contributed by atoms with Gasteiger partial charge in [-0.25, -0.2) is 0 Å². The highest BCUT2D eigenvalue weighted by Gasteiger charge is 2.15. The van der Waals surface area contributed by atoms with Crippen LogP contribution in [0.3, 0.4) is 0 Å². The third kappa shape index (κ3) is 3.14. The molecule has 0 aliphatic carbocycles. The summed E-state index contributed by atoms with van der Waals surface area (Å²) >= 11 is 11.7. The Morgan fingerprint density at radius 1 is 1.38 bits per heavy atom. The van der Waals surface area contributed by atoms with Crippen molar-refractivity contribution in [2.24, 2.45) is 0 Å². The Morgan fingerprint density at radius 3 is 2.56 bits per heavy atom. The number of aromatic hydroxyl groups is 1. The van der Waals surface area contributed by atoms with E-state index >= 15 is 0 Å². The summed E-state index contributed by atoms with van der Waals surface area (Å²) in [5.41, 5.74) is 0.686. The Balaban J connectivity index is 2.98. The maximum atomic E-state index is 9.82. The third-order valence-electron chi connectivity index (χ3n) is 2.39. The molecule has 0 saturated carbocycles. The number of hydrogen-bond acceptors (Lipinski definition) is 2. The number of rotatable bonds is 4. The van der Waals surface area contributed by atoms with E-state index in [1.807, 2.05) is 13.8 Å². The van der Waals surface area contributed by atoms with Crippen LogP contribution in [-0.2, 0) is 0 Å². The molecular formula is C12H15Cl2NO. The maximum absolute atomic E-state index is 9.82. The topological polar surface area (TPSA) is 32.3 Å². The van der Waals surface area contributed by atoms with Crippen LogP contribution in [0.2, 0.25) is 10.0 Å². The predicted octanol–water partition coefficient (Wildman–Crippen LogP) is 3.92. The lowest BCUT2D eigenvalue weighted by atomic mass is 10.1. The van der Waals surface area contributed by atoms with Crippen LogP contribution < -0.4 is 5.32 Å². The Hall–Kier alpha value is -0.700. The fraction of sp³-hybridized carbons (Fsp3) is 0.333. The van der Waals surface area contributed by atoms with Crippen molar-refractivity contribution in [3.8, 4) is 5.75 Å². The largest absolute Gasteiger partial charge is 0.506 e. The molecule has 0 amide bonds. The molecule has 0 aliphatic rings. The number of phenols is 1. The summed E-state index contributed by atoms with van der Waals surface area (Å²) in [5.74, 6) is 0.0716. The molecule has 4 heteroatoms. The fourth-order valence-corrected chi connectivity index (χ4v) is 1.98. The van der Waals surface area contributed by atoms with Gasteiger partial charge in [-0.15, -0.1) is 6.58 Å². The average Bonchev–Trinajstić information content (AvgIpc) is 2.22. The summed E-state index contributed by atoms with van der Waals surface area (Å²) < 4.78 is 0. The van der Waals surface area contributed by atoms with E-state index in [1.54, 1.807) is 12.1 Å². The molecule has 0 fully saturated rings. The van der Waals surface area contributed by atoms with Gasteiger partial charge >= 0.3 is 0 Å². The molecule has 88 valence electrons. The Labute approximate surface area is 106 Å². The summed E-state index contributed by atoms with van der Waals surface area (Å²) in [6.07, 6.45) is 1.79. The van der Waals surface area contributed by atoms with Gasteiger partial charge in [-0.3, -0.25) is 0 Å². The molecule has 1 rings (SSSR count). The zero-order chi connectivity index (χ0) is 12.3. The standard InChI is InChI=1S/C12H15Cl2NO/c1-4-7(2)15-8(3)10-5-9(13)6-11(14)12(10)16/h4-8,15-16H,1H2,2-3H3. The number of halogens is 2. The van der Waals surface area contributed by atoms with E-state index in [0.29, 0.717) is 10.6 Å². The molecule has 1 aromatic rings. The highest BCUT2D eigenvalue weighted by molar-refractivity contribution is 6.35. The van der Waals surface area contributed by atoms with Crippen molar-refractivity contribution in [2.45, 2.75) is 25.9 Å². The lowest BCUT2D eigenvalue weighted by molar-refractivity contribution is 0.448. The molecule has 2 nitrogen and oxygen atoms in total. The first-order chi connectivity index (χ1) is 7.45. The second kappa shape index (κ2) is 5.58. The monoisotopic (exact) mass is 259 g/mol. The van der Waals surface area contributed by atoms with Crippen LogP contribution in [0.25, 0.3) is 0 Å². The van der Waals surface area contributed by atoms with E-state index in [0.717, 1.165) is 0 Å². The van der Waals surface area contributed by atoms with Crippen LogP contribution in [-0.4, -0.2) is 11.1 Å². The lowest BCUT2D eigenvalue weighted by Crippen LogP contribution is -2.27. The summed E-state index contributed by atoms with van der Waals surface area (Å²) in [6.45, 7) is 7.60. The number of phenolic OH excluding ortho intramolecular Hbond substituents is 1. The molecular weight excluding hydrogens is 245 g/mol. The predicted molar refractivity (Wildman–Crippen MR) is 69.3 cm³/mol. The first kappa shape index (κ1) is 13.4. The minimum Gasteiger partial charge on any atom is -0.506 e. The normalized spacial score (nSPS) is 14.5. The van der Waals surface area contributed by atoms with Gasteiger partial charge in [0.05, 0.1) is 5.02 Å². The van der Waals surface area contributed by atoms with Crippen molar-refractivity contribution in [1.29, 1.82) is 0 Å². The summed E-state index contributed by atoms with van der Waals surface area (Å²) in [4.78, 5) is 0. The van der Waals surface area contributed by atoms with E-state index < -0.39 is 0 Å². The molecule has 0 bridgehead atoms. The maximum Gasteiger partial charge on any atom is 0.139 e. The third-order valence-corrected chi connectivity index (χ3v) is 2.90. The molecule has 0 aliphatic heterocycles. The van der Waals surface area contributed by atoms with E-state index in [9.17, 15) is 5.11 Å². The fourth-order valence-electron chi connectivity index (χ4n) is 1.47. The summed E-state index contributed by atoms with van der Waals surface area (Å²) in [5, 5.41) is 13.8. The van der Waals surface area contributed by atoms with Gasteiger partial charge in [0.1, 0.15) is 5.75 Å². The zero-order valence-electron chi connectivity index (χ0n) is 9.30. The number of nitrogens with one attached hydrogen (secondary N) is 1. The van der Waals surface area contributed by atoms with E-state index in [1.165, 1.54) is 6.07 Å². The van der Waals surface area contributed by atoms with Gasteiger partial charge in [-0.1, -0.05) is 29.3 Å². The Morgan fingerprint density at radius 2 is 2.00 bits per heavy atom. The van der Waals surface area contributed by atoms with Crippen LogP contribution in [0.4, 0.5) is 0 Å². The quantitative estimate of drug-likeness (QED) is 0.804. The highest BCUT2D eigenvalue weighted by atomic mass is 35.5. The van der Waals surface area contributed by atoms with Gasteiger partial charge in [-0.2, -0.15) is 0 Å². The van der Waals surface area contributed by atoms with Gasteiger partial charge in [-0.05, 0) is 26.0 Å². The second-order valence-corrected chi connectivity index (χ2v) is 4.58. The van der Waals surface area contributed by atoms with Gasteiger partial charge in [0.15, 0.2) is 0 Å². The van der Waals surface area contributed by atoms with Crippen LogP contribution in [0.1, 0.15) is 25.5 Å². The smallest absolute Gasteiger partial charge is 0.139 e. The zero-order valence-corrected chi connectivity index (χ0v) is 10.8. The van der Waals surface area contributed by atoms with Crippen molar-refractivity contribution in [3.63, 3.8) is 0 Å². The molecule has 1 aromatic carbocycles. The van der Waals surface area contributed by atoms with Gasteiger partial charge in [0, 0.05) is 22.7 Å². The molecule has 2 unspecified atom stereocenters. The van der Waals surface area contributed by atoms with Crippen LogP contribution in [0.15, 0.2) is 24.8 Å². The van der Waals surface area contributed by atoms with Crippen molar-refractivity contribution in [3.05, 3.63) is 40.4 Å². The molecule has 0 aromatic heterocycles. The molecule has 16 heavy (non-hydrogen) atoms. The molecule has 2 atom stereocenters. The van der Waals surface area contributed by atoms with Crippen molar-refractivity contribution in [1.82, 2.24) is 5.32 Å². The minimum absolute atomic E-state index is 0.0517. The van der Waals surface area contributed by atoms with Crippen LogP contribution in [0, 0.1) is 0 Å². The lowest BCUT2D eigenvalue weighted by Gasteiger charge is -2.19. The molecule has 0 saturated heterocycles. The second-order valence-electron chi connectivity index (χ2n) is 3.74. The van der Waals surface area contributed by atoms with Crippen molar-refractivity contribution >= 4 is 23.2 Å². The first-order valence-corrected chi connectivity index (χ1v) is 5.77. The number of hydrogen-bond donors (Lipinski definition) is 2. The summed E-state index contributed by atoms with van der Waals surface area (Å²) in [7, 11) is 0. The Kier molecular flexibility index (Phi) is 4.66. The van der Waals surface area contributed by atoms with Crippen LogP contribution >= 0.6 is 23.2 Å². The SMILES string of the molecule is C=CC(C)NC(C)c1cc(Cl)cc(Cl)c1O. The van der Waals surface area contributed by atoms with E-state index in [4.69, 9.17) is 23.2 Å². The van der Waals surface area contributed by atoms with Gasteiger partial charge in [0.25, 0.3) is 0 Å². The minimum atomic E-state index is -0.0517. The highest BCUT2D eigenvalue weighted by Crippen LogP contribution is 2.34. The van der Waals surface area contributed by atoms with Crippen molar-refractivity contribution < 1.29 is 5.11 Å². The molecule has 2 N–H and O–H groups in total. The Bertz CT molecular complexity index is 393. The molecule has 0 radical (unpaired) electrons. The molecule has 0 heterocycles. The first-order valence-electron chi connectivity index (χ1n) is 5.02. The van der Waals surface area contributed by atoms with Crippen LogP contribution in [0.5, 0.6) is 5.75 Å². The van der Waals surface area contributed by atoms with Crippen molar-refractivity contribution in [2.75, 3.05) is 0 Å². The van der Waals surface area contributed by atoms with Gasteiger partial charge < -0.3 is 10.4 Å². The number of benzene rings is 1. The molecule has 0 spiro atoms. The van der Waals surface area contributed by atoms with Gasteiger partial charge in [0.2, 0.25) is 0 Å².